The number of aromatic nitrogens is 3. The summed E-state index contributed by atoms with van der Waals surface area (Å²) in [5, 5.41) is 14.2. The molecule has 0 fully saturated rings. The van der Waals surface area contributed by atoms with E-state index in [1.165, 1.54) is 5.56 Å². The van der Waals surface area contributed by atoms with E-state index in [1.54, 1.807) is 17.1 Å². The largest absolute Gasteiger partial charge is 0.393 e. The molecule has 4 heteroatoms. The molecule has 0 amide bonds. The third kappa shape index (κ3) is 3.67. The molecule has 0 spiro atoms. The van der Waals surface area contributed by atoms with Gasteiger partial charge < -0.3 is 5.11 Å². The number of hydrogen-bond acceptors (Lipinski definition) is 3. The van der Waals surface area contributed by atoms with Crippen molar-refractivity contribution in [3.63, 3.8) is 0 Å². The Kier molecular flexibility index (Phi) is 3.88. The molecular weight excluding hydrogens is 214 g/mol. The second-order valence-electron chi connectivity index (χ2n) is 4.23. The molecule has 17 heavy (non-hydrogen) atoms. The second kappa shape index (κ2) is 5.59. The minimum atomic E-state index is -0.335. The Bertz CT molecular complexity index is 453. The Balaban J connectivity index is 1.80. The van der Waals surface area contributed by atoms with Gasteiger partial charge in [0.2, 0.25) is 0 Å². The maximum absolute atomic E-state index is 9.91. The summed E-state index contributed by atoms with van der Waals surface area (Å²) in [7, 11) is 1.88. The van der Waals surface area contributed by atoms with Gasteiger partial charge in [-0.1, -0.05) is 0 Å². The number of aryl methyl sites for hydroxylation is 2. The maximum atomic E-state index is 9.91. The first kappa shape index (κ1) is 11.8. The van der Waals surface area contributed by atoms with Gasteiger partial charge >= 0.3 is 0 Å². The molecule has 2 rings (SSSR count). The van der Waals surface area contributed by atoms with E-state index in [0.717, 1.165) is 18.5 Å². The molecule has 0 aliphatic carbocycles. The van der Waals surface area contributed by atoms with E-state index in [-0.39, 0.29) is 6.10 Å². The highest BCUT2D eigenvalue weighted by molar-refractivity contribution is 5.10. The summed E-state index contributed by atoms with van der Waals surface area (Å²) in [6.45, 7) is 0. The summed E-state index contributed by atoms with van der Waals surface area (Å²) in [6.07, 6.45) is 7.35. The van der Waals surface area contributed by atoms with Crippen molar-refractivity contribution in [3.8, 4) is 0 Å². The number of rotatable bonds is 5. The van der Waals surface area contributed by atoms with Crippen LogP contribution in [0.15, 0.2) is 36.8 Å². The first-order valence-corrected chi connectivity index (χ1v) is 5.79. The summed E-state index contributed by atoms with van der Waals surface area (Å²) in [4.78, 5) is 3.97. The predicted molar refractivity (Wildman–Crippen MR) is 65.5 cm³/mol. The average Bonchev–Trinajstić information content (AvgIpc) is 2.73. The summed E-state index contributed by atoms with van der Waals surface area (Å²) < 4.78 is 1.75. The molecule has 0 aromatic carbocycles. The van der Waals surface area contributed by atoms with Crippen molar-refractivity contribution in [2.75, 3.05) is 0 Å². The summed E-state index contributed by atoms with van der Waals surface area (Å²) in [5.74, 6) is 0. The Morgan fingerprint density at radius 2 is 2.06 bits per heavy atom. The van der Waals surface area contributed by atoms with Crippen molar-refractivity contribution < 1.29 is 5.11 Å². The van der Waals surface area contributed by atoms with Gasteiger partial charge in [0.05, 0.1) is 11.8 Å². The van der Waals surface area contributed by atoms with Crippen LogP contribution in [0, 0.1) is 0 Å². The SMILES string of the molecule is Cn1ccc(CC(O)CCc2ccncc2)n1. The molecule has 0 bridgehead atoms. The average molecular weight is 231 g/mol. The molecule has 1 atom stereocenters. The first-order valence-electron chi connectivity index (χ1n) is 5.79. The van der Waals surface area contributed by atoms with Gasteiger partial charge in [0.25, 0.3) is 0 Å². The van der Waals surface area contributed by atoms with Crippen LogP contribution in [0.1, 0.15) is 17.7 Å². The van der Waals surface area contributed by atoms with Crippen LogP contribution < -0.4 is 0 Å². The third-order valence-electron chi connectivity index (χ3n) is 2.73. The normalized spacial score (nSPS) is 12.6. The number of pyridine rings is 1. The maximum Gasteiger partial charge on any atom is 0.0650 e. The molecule has 2 aromatic rings. The van der Waals surface area contributed by atoms with Crippen LogP contribution in [0.25, 0.3) is 0 Å². The fraction of sp³-hybridized carbons (Fsp3) is 0.385. The number of aliphatic hydroxyl groups is 1. The summed E-state index contributed by atoms with van der Waals surface area (Å²) in [6, 6.07) is 5.90. The lowest BCUT2D eigenvalue weighted by Crippen LogP contribution is -2.12. The van der Waals surface area contributed by atoms with Gasteiger partial charge in [-0.3, -0.25) is 9.67 Å². The van der Waals surface area contributed by atoms with Crippen molar-refractivity contribution in [1.82, 2.24) is 14.8 Å². The van der Waals surface area contributed by atoms with Gasteiger partial charge in [-0.2, -0.15) is 5.10 Å². The molecular formula is C13H17N3O. The van der Waals surface area contributed by atoms with E-state index in [4.69, 9.17) is 0 Å². The van der Waals surface area contributed by atoms with Crippen molar-refractivity contribution in [2.24, 2.45) is 7.05 Å². The fourth-order valence-electron chi connectivity index (χ4n) is 1.80. The lowest BCUT2D eigenvalue weighted by Gasteiger charge is -2.08. The quantitative estimate of drug-likeness (QED) is 0.845. The third-order valence-corrected chi connectivity index (χ3v) is 2.73. The molecule has 2 aromatic heterocycles. The van der Waals surface area contributed by atoms with Crippen LogP contribution in [0.3, 0.4) is 0 Å². The second-order valence-corrected chi connectivity index (χ2v) is 4.23. The molecule has 1 unspecified atom stereocenters. The summed E-state index contributed by atoms with van der Waals surface area (Å²) >= 11 is 0. The molecule has 4 nitrogen and oxygen atoms in total. The predicted octanol–water partition coefficient (Wildman–Crippen LogP) is 1.35. The van der Waals surface area contributed by atoms with Gasteiger partial charge in [-0.05, 0) is 36.6 Å². The zero-order valence-corrected chi connectivity index (χ0v) is 9.95. The highest BCUT2D eigenvalue weighted by Gasteiger charge is 2.07. The highest BCUT2D eigenvalue weighted by atomic mass is 16.3. The van der Waals surface area contributed by atoms with Gasteiger partial charge in [0, 0.05) is 32.1 Å². The molecule has 2 heterocycles. The van der Waals surface area contributed by atoms with Gasteiger partial charge in [0.15, 0.2) is 0 Å². The lowest BCUT2D eigenvalue weighted by atomic mass is 10.1. The Hall–Kier alpha value is -1.68. The van der Waals surface area contributed by atoms with Crippen molar-refractivity contribution in [3.05, 3.63) is 48.0 Å². The molecule has 0 aliphatic heterocycles. The van der Waals surface area contributed by atoms with Gasteiger partial charge in [-0.25, -0.2) is 0 Å². The van der Waals surface area contributed by atoms with E-state index < -0.39 is 0 Å². The monoisotopic (exact) mass is 231 g/mol. The zero-order valence-electron chi connectivity index (χ0n) is 9.95. The van der Waals surface area contributed by atoms with Crippen LogP contribution in [-0.2, 0) is 19.9 Å². The van der Waals surface area contributed by atoms with E-state index in [0.29, 0.717) is 6.42 Å². The van der Waals surface area contributed by atoms with E-state index >= 15 is 0 Å². The van der Waals surface area contributed by atoms with Gasteiger partial charge in [-0.15, -0.1) is 0 Å². The topological polar surface area (TPSA) is 50.9 Å². The van der Waals surface area contributed by atoms with Crippen LogP contribution >= 0.6 is 0 Å². The van der Waals surface area contributed by atoms with Crippen LogP contribution in [0.2, 0.25) is 0 Å². The minimum absolute atomic E-state index is 0.335. The first-order chi connectivity index (χ1) is 8.24. The van der Waals surface area contributed by atoms with Crippen molar-refractivity contribution >= 4 is 0 Å². The Labute approximate surface area is 101 Å². The number of nitrogens with zero attached hydrogens (tertiary/aromatic N) is 3. The van der Waals surface area contributed by atoms with E-state index in [9.17, 15) is 5.11 Å². The van der Waals surface area contributed by atoms with Crippen LogP contribution in [-0.4, -0.2) is 26.0 Å². The van der Waals surface area contributed by atoms with Crippen molar-refractivity contribution in [2.45, 2.75) is 25.4 Å². The molecule has 0 saturated carbocycles. The molecule has 1 N–H and O–H groups in total. The smallest absolute Gasteiger partial charge is 0.0650 e. The lowest BCUT2D eigenvalue weighted by molar-refractivity contribution is 0.164. The fourth-order valence-corrected chi connectivity index (χ4v) is 1.80. The molecule has 90 valence electrons. The van der Waals surface area contributed by atoms with E-state index in [2.05, 4.69) is 10.1 Å². The minimum Gasteiger partial charge on any atom is -0.393 e. The van der Waals surface area contributed by atoms with E-state index in [1.807, 2.05) is 31.4 Å². The number of aliphatic hydroxyl groups excluding tert-OH is 1. The molecule has 0 radical (unpaired) electrons. The van der Waals surface area contributed by atoms with Crippen LogP contribution in [0.4, 0.5) is 0 Å². The van der Waals surface area contributed by atoms with Gasteiger partial charge in [0.1, 0.15) is 0 Å². The van der Waals surface area contributed by atoms with Crippen LogP contribution in [0.5, 0.6) is 0 Å². The summed E-state index contributed by atoms with van der Waals surface area (Å²) in [5.41, 5.74) is 2.15. The highest BCUT2D eigenvalue weighted by Crippen LogP contribution is 2.08. The Morgan fingerprint density at radius 3 is 2.71 bits per heavy atom. The molecule has 0 aliphatic rings. The Morgan fingerprint density at radius 1 is 1.29 bits per heavy atom. The molecule has 0 saturated heterocycles. The zero-order chi connectivity index (χ0) is 12.1. The standard InChI is InChI=1S/C13H17N3O/c1-16-9-6-12(15-16)10-13(17)3-2-11-4-7-14-8-5-11/h4-9,13,17H,2-3,10H2,1H3. The number of hydrogen-bond donors (Lipinski definition) is 1. The van der Waals surface area contributed by atoms with Crippen molar-refractivity contribution in [1.29, 1.82) is 0 Å².